The van der Waals surface area contributed by atoms with E-state index in [9.17, 15) is 13.2 Å². The van der Waals surface area contributed by atoms with Crippen LogP contribution in [-0.2, 0) is 4.74 Å². The quantitative estimate of drug-likeness (QED) is 0.720. The molecule has 0 aliphatic heterocycles. The van der Waals surface area contributed by atoms with Gasteiger partial charge in [0, 0.05) is 19.1 Å². The van der Waals surface area contributed by atoms with Crippen LogP contribution in [0, 0.1) is 0 Å². The van der Waals surface area contributed by atoms with Gasteiger partial charge in [0.25, 0.3) is 0 Å². The maximum Gasteiger partial charge on any atom is 0.389 e. The molecule has 0 amide bonds. The Balaban J connectivity index is 2.02. The van der Waals surface area contributed by atoms with E-state index in [4.69, 9.17) is 4.74 Å². The van der Waals surface area contributed by atoms with Gasteiger partial charge < -0.3 is 10.1 Å². The number of hydrogen-bond acceptors (Lipinski definition) is 2. The van der Waals surface area contributed by atoms with Crippen molar-refractivity contribution in [2.45, 2.75) is 57.3 Å². The van der Waals surface area contributed by atoms with Crippen molar-refractivity contribution in [2.24, 2.45) is 0 Å². The first-order chi connectivity index (χ1) is 7.51. The van der Waals surface area contributed by atoms with Crippen LogP contribution >= 0.6 is 0 Å². The van der Waals surface area contributed by atoms with Crippen LogP contribution < -0.4 is 5.32 Å². The highest BCUT2D eigenvalue weighted by Gasteiger charge is 2.27. The summed E-state index contributed by atoms with van der Waals surface area (Å²) in [5, 5.41) is 3.33. The van der Waals surface area contributed by atoms with Crippen molar-refractivity contribution in [2.75, 3.05) is 13.2 Å². The van der Waals surface area contributed by atoms with E-state index in [1.54, 1.807) is 0 Å². The largest absolute Gasteiger partial charge is 0.389 e. The second kappa shape index (κ2) is 6.45. The molecule has 96 valence electrons. The van der Waals surface area contributed by atoms with Crippen LogP contribution in [0.25, 0.3) is 0 Å². The van der Waals surface area contributed by atoms with E-state index in [1.807, 2.05) is 0 Å². The van der Waals surface area contributed by atoms with Gasteiger partial charge in [-0.1, -0.05) is 6.92 Å². The molecule has 0 saturated heterocycles. The summed E-state index contributed by atoms with van der Waals surface area (Å²) in [5.41, 5.74) is 0. The topological polar surface area (TPSA) is 21.3 Å². The van der Waals surface area contributed by atoms with Crippen molar-refractivity contribution in [3.63, 3.8) is 0 Å². The molecule has 2 atom stereocenters. The molecule has 1 fully saturated rings. The highest BCUT2D eigenvalue weighted by atomic mass is 19.4. The fourth-order valence-electron chi connectivity index (χ4n) is 2.09. The number of halogens is 3. The van der Waals surface area contributed by atoms with Gasteiger partial charge in [-0.15, -0.1) is 0 Å². The third-order valence-corrected chi connectivity index (χ3v) is 2.84. The summed E-state index contributed by atoms with van der Waals surface area (Å²) < 4.78 is 41.0. The molecule has 0 heterocycles. The van der Waals surface area contributed by atoms with E-state index in [1.165, 1.54) is 0 Å². The van der Waals surface area contributed by atoms with Crippen molar-refractivity contribution in [1.82, 2.24) is 5.32 Å². The molecule has 0 aromatic heterocycles. The summed E-state index contributed by atoms with van der Waals surface area (Å²) in [5.74, 6) is 0. The Morgan fingerprint density at radius 1 is 1.31 bits per heavy atom. The minimum absolute atomic E-state index is 0.0753. The lowest BCUT2D eigenvalue weighted by atomic mass is 10.2. The van der Waals surface area contributed by atoms with E-state index in [2.05, 4.69) is 12.2 Å². The Kier molecular flexibility index (Phi) is 5.55. The first-order valence-corrected chi connectivity index (χ1v) is 5.93. The summed E-state index contributed by atoms with van der Waals surface area (Å²) in [7, 11) is 0. The number of rotatable bonds is 6. The Hall–Kier alpha value is -0.290. The highest BCUT2D eigenvalue weighted by Crippen LogP contribution is 2.24. The molecular formula is C11H20F3NO. The Bertz CT molecular complexity index is 196. The third-order valence-electron chi connectivity index (χ3n) is 2.84. The Morgan fingerprint density at radius 2 is 2.06 bits per heavy atom. The van der Waals surface area contributed by atoms with Gasteiger partial charge in [-0.25, -0.2) is 0 Å². The van der Waals surface area contributed by atoms with Crippen LogP contribution in [-0.4, -0.2) is 31.5 Å². The van der Waals surface area contributed by atoms with Gasteiger partial charge in [0.2, 0.25) is 0 Å². The van der Waals surface area contributed by atoms with Crippen LogP contribution in [0.1, 0.15) is 39.0 Å². The molecule has 1 rings (SSSR count). The van der Waals surface area contributed by atoms with Crippen LogP contribution in [0.3, 0.4) is 0 Å². The maximum atomic E-state index is 11.9. The molecule has 16 heavy (non-hydrogen) atoms. The third kappa shape index (κ3) is 5.70. The molecule has 1 saturated carbocycles. The van der Waals surface area contributed by atoms with Crippen molar-refractivity contribution in [3.05, 3.63) is 0 Å². The summed E-state index contributed by atoms with van der Waals surface area (Å²) in [6.07, 6.45) is -1.60. The average Bonchev–Trinajstić information content (AvgIpc) is 2.60. The minimum Gasteiger partial charge on any atom is -0.378 e. The smallest absolute Gasteiger partial charge is 0.378 e. The Morgan fingerprint density at radius 3 is 2.69 bits per heavy atom. The maximum absolute atomic E-state index is 11.9. The van der Waals surface area contributed by atoms with Gasteiger partial charge in [0.15, 0.2) is 0 Å². The SMILES string of the molecule is CCNC1CCC(OCCCC(F)(F)F)C1. The number of hydrogen-bond donors (Lipinski definition) is 1. The van der Waals surface area contributed by atoms with Crippen LogP contribution in [0.5, 0.6) is 0 Å². The van der Waals surface area contributed by atoms with E-state index >= 15 is 0 Å². The van der Waals surface area contributed by atoms with Gasteiger partial charge in [0.05, 0.1) is 6.10 Å². The number of alkyl halides is 3. The first-order valence-electron chi connectivity index (χ1n) is 5.93. The molecule has 1 N–H and O–H groups in total. The molecule has 0 aromatic rings. The molecule has 5 heteroatoms. The fourth-order valence-corrected chi connectivity index (χ4v) is 2.09. The van der Waals surface area contributed by atoms with Crippen molar-refractivity contribution < 1.29 is 17.9 Å². The minimum atomic E-state index is -4.05. The zero-order chi connectivity index (χ0) is 12.0. The highest BCUT2D eigenvalue weighted by molar-refractivity contribution is 4.80. The zero-order valence-corrected chi connectivity index (χ0v) is 9.65. The van der Waals surface area contributed by atoms with Gasteiger partial charge in [-0.3, -0.25) is 0 Å². The molecule has 2 unspecified atom stereocenters. The summed E-state index contributed by atoms with van der Waals surface area (Å²) in [6.45, 7) is 3.21. The lowest BCUT2D eigenvalue weighted by Gasteiger charge is -2.13. The van der Waals surface area contributed by atoms with Gasteiger partial charge in [-0.2, -0.15) is 13.2 Å². The van der Waals surface area contributed by atoms with Crippen molar-refractivity contribution >= 4 is 0 Å². The van der Waals surface area contributed by atoms with Gasteiger partial charge >= 0.3 is 6.18 Å². The molecule has 1 aliphatic carbocycles. The first kappa shape index (κ1) is 13.8. The normalized spacial score (nSPS) is 26.2. The molecule has 0 radical (unpaired) electrons. The van der Waals surface area contributed by atoms with E-state index in [0.29, 0.717) is 6.04 Å². The Labute approximate surface area is 94.5 Å². The molecule has 0 bridgehead atoms. The molecule has 0 spiro atoms. The van der Waals surface area contributed by atoms with Crippen molar-refractivity contribution in [1.29, 1.82) is 0 Å². The second-order valence-corrected chi connectivity index (χ2v) is 4.28. The molecule has 2 nitrogen and oxygen atoms in total. The molecule has 0 aromatic carbocycles. The van der Waals surface area contributed by atoms with Gasteiger partial charge in [-0.05, 0) is 32.2 Å². The van der Waals surface area contributed by atoms with Crippen LogP contribution in [0.2, 0.25) is 0 Å². The molecule has 1 aliphatic rings. The number of nitrogens with one attached hydrogen (secondary N) is 1. The average molecular weight is 239 g/mol. The van der Waals surface area contributed by atoms with E-state index in [0.717, 1.165) is 25.8 Å². The van der Waals surface area contributed by atoms with Gasteiger partial charge in [0.1, 0.15) is 0 Å². The standard InChI is InChI=1S/C11H20F3NO/c1-2-15-9-4-5-10(8-9)16-7-3-6-11(12,13)14/h9-10,15H,2-8H2,1H3. The predicted octanol–water partition coefficient (Wildman–Crippen LogP) is 2.88. The second-order valence-electron chi connectivity index (χ2n) is 4.28. The predicted molar refractivity (Wildman–Crippen MR) is 56.3 cm³/mol. The van der Waals surface area contributed by atoms with Crippen molar-refractivity contribution in [3.8, 4) is 0 Å². The summed E-state index contributed by atoms with van der Waals surface area (Å²) in [4.78, 5) is 0. The monoisotopic (exact) mass is 239 g/mol. The summed E-state index contributed by atoms with van der Waals surface area (Å²) >= 11 is 0. The van der Waals surface area contributed by atoms with E-state index in [-0.39, 0.29) is 19.1 Å². The fraction of sp³-hybridized carbons (Fsp3) is 1.00. The zero-order valence-electron chi connectivity index (χ0n) is 9.65. The lowest BCUT2D eigenvalue weighted by Crippen LogP contribution is -2.26. The van der Waals surface area contributed by atoms with Crippen LogP contribution in [0.4, 0.5) is 13.2 Å². The number of ether oxygens (including phenoxy) is 1. The lowest BCUT2D eigenvalue weighted by molar-refractivity contribution is -0.138. The van der Waals surface area contributed by atoms with E-state index < -0.39 is 12.6 Å². The summed E-state index contributed by atoms with van der Waals surface area (Å²) in [6, 6.07) is 0.484. The van der Waals surface area contributed by atoms with Crippen LogP contribution in [0.15, 0.2) is 0 Å². The molecular weight excluding hydrogens is 219 g/mol.